The van der Waals surface area contributed by atoms with Crippen molar-refractivity contribution in [1.82, 2.24) is 20.0 Å². The summed E-state index contributed by atoms with van der Waals surface area (Å²) in [5.74, 6) is -2.94. The van der Waals surface area contributed by atoms with Crippen molar-refractivity contribution in [3.8, 4) is 0 Å². The minimum absolute atomic E-state index is 0. The Labute approximate surface area is 153 Å². The third-order valence-corrected chi connectivity index (χ3v) is 4.23. The molecule has 1 N–H and O–H groups in total. The maximum Gasteiger partial charge on any atom is 0.262 e. The smallest absolute Gasteiger partial charge is 0.262 e. The van der Waals surface area contributed by atoms with Crippen LogP contribution in [0.1, 0.15) is 12.8 Å². The van der Waals surface area contributed by atoms with Crippen LogP contribution in [-0.4, -0.2) is 91.8 Å². The maximum atomic E-state index is 13.1. The second-order valence-electron chi connectivity index (χ2n) is 6.20. The maximum absolute atomic E-state index is 13.1. The molecule has 0 saturated carbocycles. The highest BCUT2D eigenvalue weighted by molar-refractivity contribution is 5.85. The van der Waals surface area contributed by atoms with Crippen molar-refractivity contribution in [2.75, 3.05) is 53.4 Å². The van der Waals surface area contributed by atoms with E-state index in [9.17, 15) is 18.4 Å². The number of nitrogens with zero attached hydrogens (tertiary/aromatic N) is 3. The van der Waals surface area contributed by atoms with Crippen molar-refractivity contribution >= 4 is 36.6 Å². The lowest BCUT2D eigenvalue weighted by molar-refractivity contribution is -0.136. The number of carbonyl (C=O) groups excluding carboxylic acids is 2. The highest BCUT2D eigenvalue weighted by Crippen LogP contribution is 2.26. The van der Waals surface area contributed by atoms with Crippen LogP contribution in [-0.2, 0) is 9.59 Å². The van der Waals surface area contributed by atoms with Crippen LogP contribution < -0.4 is 5.32 Å². The van der Waals surface area contributed by atoms with Crippen LogP contribution >= 0.6 is 24.8 Å². The van der Waals surface area contributed by atoms with Gasteiger partial charge in [-0.15, -0.1) is 24.8 Å². The molecule has 1 atom stereocenters. The lowest BCUT2D eigenvalue weighted by Crippen LogP contribution is -2.53. The number of carbonyl (C=O) groups is 2. The number of piperazine rings is 1. The molecular formula is C14H26Cl2F2N4O2. The Kier molecular flexibility index (Phi) is 9.41. The van der Waals surface area contributed by atoms with E-state index in [1.54, 1.807) is 23.9 Å². The fraction of sp³-hybridized carbons (Fsp3) is 0.857. The molecule has 0 radical (unpaired) electrons. The highest BCUT2D eigenvalue weighted by atomic mass is 35.5. The summed E-state index contributed by atoms with van der Waals surface area (Å²) in [7, 11) is 3.45. The van der Waals surface area contributed by atoms with E-state index < -0.39 is 24.9 Å². The van der Waals surface area contributed by atoms with Crippen molar-refractivity contribution in [2.45, 2.75) is 24.8 Å². The predicted octanol–water partition coefficient (Wildman–Crippen LogP) is 0.450. The summed E-state index contributed by atoms with van der Waals surface area (Å²) in [5, 5.41) is 2.60. The zero-order chi connectivity index (χ0) is 16.3. The normalized spacial score (nSPS) is 23.2. The van der Waals surface area contributed by atoms with Gasteiger partial charge >= 0.3 is 0 Å². The lowest BCUT2D eigenvalue weighted by atomic mass is 10.1. The molecule has 6 nitrogen and oxygen atoms in total. The zero-order valence-corrected chi connectivity index (χ0v) is 15.6. The van der Waals surface area contributed by atoms with Gasteiger partial charge in [0.2, 0.25) is 11.8 Å². The third-order valence-electron chi connectivity index (χ3n) is 4.23. The minimum atomic E-state index is -2.78. The minimum Gasteiger partial charge on any atom is -0.349 e. The monoisotopic (exact) mass is 390 g/mol. The molecule has 0 spiro atoms. The second kappa shape index (κ2) is 9.70. The molecule has 2 aliphatic rings. The van der Waals surface area contributed by atoms with Gasteiger partial charge in [-0.25, -0.2) is 8.78 Å². The molecule has 2 rings (SSSR count). The first-order valence-electron chi connectivity index (χ1n) is 7.61. The fourth-order valence-corrected chi connectivity index (χ4v) is 2.78. The van der Waals surface area contributed by atoms with E-state index in [0.29, 0.717) is 39.1 Å². The van der Waals surface area contributed by atoms with Crippen molar-refractivity contribution < 1.29 is 18.4 Å². The Hall–Kier alpha value is -0.700. The summed E-state index contributed by atoms with van der Waals surface area (Å²) in [5.41, 5.74) is 0. The summed E-state index contributed by atoms with van der Waals surface area (Å²) >= 11 is 0. The molecule has 2 heterocycles. The lowest BCUT2D eigenvalue weighted by Gasteiger charge is -2.35. The molecule has 142 valence electrons. The molecule has 0 bridgehead atoms. The van der Waals surface area contributed by atoms with Gasteiger partial charge < -0.3 is 9.80 Å². The van der Waals surface area contributed by atoms with E-state index in [-0.39, 0.29) is 36.6 Å². The van der Waals surface area contributed by atoms with E-state index in [1.807, 2.05) is 0 Å². The SMILES string of the molecule is CN(C)C(=O)CCN1CCN(C(=O)C2CC(F)(F)CN2)CC1.Cl.Cl. The van der Waals surface area contributed by atoms with Gasteiger partial charge in [0.1, 0.15) is 0 Å². The van der Waals surface area contributed by atoms with E-state index in [0.717, 1.165) is 0 Å². The molecule has 1 unspecified atom stereocenters. The van der Waals surface area contributed by atoms with Crippen molar-refractivity contribution in [2.24, 2.45) is 0 Å². The quantitative estimate of drug-likeness (QED) is 0.756. The summed E-state index contributed by atoms with van der Waals surface area (Å²) in [6, 6.07) is -0.767. The zero-order valence-electron chi connectivity index (χ0n) is 14.0. The van der Waals surface area contributed by atoms with Crippen LogP contribution in [0.3, 0.4) is 0 Å². The molecule has 0 aromatic heterocycles. The molecular weight excluding hydrogens is 365 g/mol. The van der Waals surface area contributed by atoms with Crippen LogP contribution in [0.15, 0.2) is 0 Å². The van der Waals surface area contributed by atoms with Gasteiger partial charge in [0.25, 0.3) is 5.92 Å². The average Bonchev–Trinajstić information content (AvgIpc) is 2.84. The van der Waals surface area contributed by atoms with E-state index in [4.69, 9.17) is 0 Å². The van der Waals surface area contributed by atoms with Crippen LogP contribution in [0.2, 0.25) is 0 Å². The van der Waals surface area contributed by atoms with E-state index in [1.165, 1.54) is 0 Å². The average molecular weight is 391 g/mol. The summed E-state index contributed by atoms with van der Waals surface area (Å²) < 4.78 is 26.3. The number of hydrogen-bond acceptors (Lipinski definition) is 4. The Morgan fingerprint density at radius 1 is 1.17 bits per heavy atom. The molecule has 2 fully saturated rings. The Balaban J connectivity index is 0.00000264. The van der Waals surface area contributed by atoms with Gasteiger partial charge in [0.05, 0.1) is 12.6 Å². The molecule has 10 heteroatoms. The second-order valence-corrected chi connectivity index (χ2v) is 6.20. The highest BCUT2D eigenvalue weighted by Gasteiger charge is 2.43. The van der Waals surface area contributed by atoms with Gasteiger partial charge in [-0.3, -0.25) is 19.8 Å². The number of hydrogen-bond donors (Lipinski definition) is 1. The molecule has 2 saturated heterocycles. The van der Waals surface area contributed by atoms with Gasteiger partial charge in [-0.2, -0.15) is 0 Å². The van der Waals surface area contributed by atoms with Crippen LogP contribution in [0.5, 0.6) is 0 Å². The van der Waals surface area contributed by atoms with Crippen molar-refractivity contribution in [3.63, 3.8) is 0 Å². The molecule has 24 heavy (non-hydrogen) atoms. The summed E-state index contributed by atoms with van der Waals surface area (Å²) in [6.45, 7) is 2.65. The molecule has 0 aliphatic carbocycles. The number of halogens is 4. The van der Waals surface area contributed by atoms with E-state index >= 15 is 0 Å². The van der Waals surface area contributed by atoms with Crippen LogP contribution in [0.25, 0.3) is 0 Å². The Morgan fingerprint density at radius 2 is 1.75 bits per heavy atom. The number of amides is 2. The largest absolute Gasteiger partial charge is 0.349 e. The number of nitrogens with one attached hydrogen (secondary N) is 1. The topological polar surface area (TPSA) is 55.9 Å². The first kappa shape index (κ1) is 23.3. The van der Waals surface area contributed by atoms with E-state index in [2.05, 4.69) is 10.2 Å². The van der Waals surface area contributed by atoms with Gasteiger partial charge in [0.15, 0.2) is 0 Å². The van der Waals surface area contributed by atoms with Crippen LogP contribution in [0.4, 0.5) is 8.78 Å². The number of rotatable bonds is 4. The standard InChI is InChI=1S/C14H24F2N4O2.2ClH/c1-18(2)12(21)3-4-19-5-7-20(8-6-19)13(22)11-9-14(15,16)10-17-11;;/h11,17H,3-10H2,1-2H3;2*1H. The molecule has 2 aliphatic heterocycles. The number of alkyl halides is 2. The Morgan fingerprint density at radius 3 is 2.21 bits per heavy atom. The van der Waals surface area contributed by atoms with Gasteiger partial charge in [-0.1, -0.05) is 0 Å². The van der Waals surface area contributed by atoms with Crippen molar-refractivity contribution in [3.05, 3.63) is 0 Å². The van der Waals surface area contributed by atoms with Gasteiger partial charge in [-0.05, 0) is 0 Å². The summed E-state index contributed by atoms with van der Waals surface area (Å²) in [4.78, 5) is 29.1. The van der Waals surface area contributed by atoms with Crippen LogP contribution in [0, 0.1) is 0 Å². The predicted molar refractivity (Wildman–Crippen MR) is 92.2 cm³/mol. The summed E-state index contributed by atoms with van der Waals surface area (Å²) in [6.07, 6.45) is 0.0424. The fourth-order valence-electron chi connectivity index (χ4n) is 2.78. The first-order valence-corrected chi connectivity index (χ1v) is 7.61. The van der Waals surface area contributed by atoms with Crippen molar-refractivity contribution in [1.29, 1.82) is 0 Å². The molecule has 2 amide bonds. The first-order chi connectivity index (χ1) is 10.3. The third kappa shape index (κ3) is 6.31. The molecule has 0 aromatic carbocycles. The van der Waals surface area contributed by atoms with Gasteiger partial charge in [0, 0.05) is 59.7 Å². The molecule has 0 aromatic rings. The Bertz CT molecular complexity index is 433.